The van der Waals surface area contributed by atoms with E-state index >= 15 is 0 Å². The van der Waals surface area contributed by atoms with E-state index in [1.165, 1.54) is 6.07 Å². The van der Waals surface area contributed by atoms with Gasteiger partial charge in [0.05, 0.1) is 0 Å². The summed E-state index contributed by atoms with van der Waals surface area (Å²) in [5.74, 6) is 1.05. The van der Waals surface area contributed by atoms with Gasteiger partial charge in [-0.3, -0.25) is 4.90 Å². The molecule has 0 bridgehead atoms. The van der Waals surface area contributed by atoms with Gasteiger partial charge in [-0.1, -0.05) is 39.8 Å². The van der Waals surface area contributed by atoms with Gasteiger partial charge in [-0.15, -0.1) is 0 Å². The number of benzene rings is 1. The van der Waals surface area contributed by atoms with Crippen molar-refractivity contribution < 1.29 is 4.39 Å². The van der Waals surface area contributed by atoms with Crippen molar-refractivity contribution in [3.8, 4) is 0 Å². The first-order chi connectivity index (χ1) is 9.90. The van der Waals surface area contributed by atoms with E-state index in [4.69, 9.17) is 0 Å². The third-order valence-electron chi connectivity index (χ3n) is 4.83. The van der Waals surface area contributed by atoms with Crippen LogP contribution in [0.25, 0.3) is 0 Å². The highest BCUT2D eigenvalue weighted by atomic mass is 19.1. The van der Waals surface area contributed by atoms with Crippen LogP contribution in [0.2, 0.25) is 0 Å². The third kappa shape index (κ3) is 3.83. The second-order valence-corrected chi connectivity index (χ2v) is 7.00. The van der Waals surface area contributed by atoms with Crippen LogP contribution >= 0.6 is 0 Å². The van der Waals surface area contributed by atoms with E-state index in [1.54, 1.807) is 6.07 Å². The van der Waals surface area contributed by atoms with E-state index in [-0.39, 0.29) is 11.9 Å². The van der Waals surface area contributed by atoms with Crippen LogP contribution in [0.3, 0.4) is 0 Å². The van der Waals surface area contributed by atoms with Gasteiger partial charge in [0.2, 0.25) is 0 Å². The molecule has 1 N–H and O–H groups in total. The zero-order valence-electron chi connectivity index (χ0n) is 13.9. The fraction of sp³-hybridized carbons (Fsp3) is 0.667. The summed E-state index contributed by atoms with van der Waals surface area (Å²) in [7, 11) is 0. The van der Waals surface area contributed by atoms with Crippen LogP contribution in [-0.2, 0) is 0 Å². The van der Waals surface area contributed by atoms with E-state index < -0.39 is 0 Å². The standard InChI is InChI=1S/C18H29FN2/c1-12(2)17-11-21(18(10-20-17)13(3)4)14(5)15-7-6-8-16(19)9-15/h6-9,12-14,17-18,20H,10-11H2,1-5H3. The molecular weight excluding hydrogens is 263 g/mol. The quantitative estimate of drug-likeness (QED) is 0.907. The number of rotatable bonds is 4. The maximum Gasteiger partial charge on any atom is 0.123 e. The van der Waals surface area contributed by atoms with Gasteiger partial charge in [-0.05, 0) is 36.5 Å². The normalized spacial score (nSPS) is 25.5. The Morgan fingerprint density at radius 1 is 1.14 bits per heavy atom. The number of hydrogen-bond acceptors (Lipinski definition) is 2. The minimum absolute atomic E-state index is 0.143. The van der Waals surface area contributed by atoms with Crippen molar-refractivity contribution in [2.45, 2.75) is 52.7 Å². The summed E-state index contributed by atoms with van der Waals surface area (Å²) >= 11 is 0. The van der Waals surface area contributed by atoms with E-state index in [9.17, 15) is 4.39 Å². The Hall–Kier alpha value is -0.930. The van der Waals surface area contributed by atoms with Crippen LogP contribution in [0, 0.1) is 17.7 Å². The molecule has 3 atom stereocenters. The second kappa shape index (κ2) is 6.89. The first-order valence-corrected chi connectivity index (χ1v) is 8.14. The maximum atomic E-state index is 13.5. The van der Waals surface area contributed by atoms with Gasteiger partial charge in [0.25, 0.3) is 0 Å². The molecule has 0 aromatic heterocycles. The van der Waals surface area contributed by atoms with Crippen LogP contribution in [0.15, 0.2) is 24.3 Å². The van der Waals surface area contributed by atoms with Gasteiger partial charge in [-0.2, -0.15) is 0 Å². The van der Waals surface area contributed by atoms with Crippen molar-refractivity contribution in [1.82, 2.24) is 10.2 Å². The minimum Gasteiger partial charge on any atom is -0.311 e. The summed E-state index contributed by atoms with van der Waals surface area (Å²) in [5, 5.41) is 3.68. The number of nitrogens with zero attached hydrogens (tertiary/aromatic N) is 1. The Bertz CT molecular complexity index is 458. The Morgan fingerprint density at radius 2 is 1.86 bits per heavy atom. The zero-order valence-corrected chi connectivity index (χ0v) is 13.9. The van der Waals surface area contributed by atoms with Crippen LogP contribution in [0.4, 0.5) is 4.39 Å². The SMILES string of the molecule is CC(C)C1CN(C(C)c2cccc(F)c2)C(C(C)C)CN1. The molecule has 3 unspecified atom stereocenters. The van der Waals surface area contributed by atoms with Crippen molar-refractivity contribution >= 4 is 0 Å². The molecule has 1 saturated heterocycles. The average molecular weight is 292 g/mol. The molecule has 1 heterocycles. The first kappa shape index (κ1) is 16.4. The highest BCUT2D eigenvalue weighted by molar-refractivity contribution is 5.20. The van der Waals surface area contributed by atoms with Crippen LogP contribution in [0.5, 0.6) is 0 Å². The molecule has 1 fully saturated rings. The number of piperazine rings is 1. The second-order valence-electron chi connectivity index (χ2n) is 7.00. The molecule has 1 aromatic rings. The van der Waals surface area contributed by atoms with E-state index in [1.807, 2.05) is 12.1 Å². The molecular formula is C18H29FN2. The number of nitrogens with one attached hydrogen (secondary N) is 1. The lowest BCUT2D eigenvalue weighted by molar-refractivity contribution is 0.0512. The van der Waals surface area contributed by atoms with Gasteiger partial charge >= 0.3 is 0 Å². The molecule has 1 aliphatic rings. The molecule has 2 rings (SSSR count). The van der Waals surface area contributed by atoms with Gasteiger partial charge in [0.1, 0.15) is 5.82 Å². The largest absolute Gasteiger partial charge is 0.311 e. The lowest BCUT2D eigenvalue weighted by Crippen LogP contribution is -2.60. The molecule has 21 heavy (non-hydrogen) atoms. The van der Waals surface area contributed by atoms with Crippen LogP contribution in [-0.4, -0.2) is 30.1 Å². The summed E-state index contributed by atoms with van der Waals surface area (Å²) in [4.78, 5) is 2.56. The Kier molecular flexibility index (Phi) is 5.39. The van der Waals surface area contributed by atoms with Gasteiger partial charge < -0.3 is 5.32 Å². The molecule has 1 aromatic carbocycles. The molecule has 0 radical (unpaired) electrons. The minimum atomic E-state index is -0.143. The zero-order chi connectivity index (χ0) is 15.6. The van der Waals surface area contributed by atoms with Crippen LogP contribution in [0.1, 0.15) is 46.2 Å². The predicted molar refractivity (Wildman–Crippen MR) is 86.8 cm³/mol. The fourth-order valence-electron chi connectivity index (χ4n) is 3.28. The van der Waals surface area contributed by atoms with E-state index in [2.05, 4.69) is 44.8 Å². The van der Waals surface area contributed by atoms with Gasteiger partial charge in [-0.25, -0.2) is 4.39 Å². The molecule has 118 valence electrons. The molecule has 2 nitrogen and oxygen atoms in total. The molecule has 0 spiro atoms. The first-order valence-electron chi connectivity index (χ1n) is 8.14. The average Bonchev–Trinajstić information content (AvgIpc) is 2.45. The van der Waals surface area contributed by atoms with Gasteiger partial charge in [0.15, 0.2) is 0 Å². The monoisotopic (exact) mass is 292 g/mol. The summed E-state index contributed by atoms with van der Waals surface area (Å²) in [6.45, 7) is 13.3. The molecule has 1 aliphatic heterocycles. The predicted octanol–water partition coefficient (Wildman–Crippen LogP) is 3.84. The lowest BCUT2D eigenvalue weighted by atomic mass is 9.91. The summed E-state index contributed by atoms with van der Waals surface area (Å²) in [5.41, 5.74) is 1.07. The smallest absolute Gasteiger partial charge is 0.123 e. The Labute approximate surface area is 128 Å². The summed E-state index contributed by atoms with van der Waals surface area (Å²) < 4.78 is 13.5. The summed E-state index contributed by atoms with van der Waals surface area (Å²) in [6, 6.07) is 8.30. The fourth-order valence-corrected chi connectivity index (χ4v) is 3.28. The van der Waals surface area contributed by atoms with E-state index in [0.29, 0.717) is 23.9 Å². The maximum absolute atomic E-state index is 13.5. The molecule has 0 aliphatic carbocycles. The highest BCUT2D eigenvalue weighted by Gasteiger charge is 2.34. The van der Waals surface area contributed by atoms with Crippen molar-refractivity contribution in [1.29, 1.82) is 0 Å². The third-order valence-corrected chi connectivity index (χ3v) is 4.83. The van der Waals surface area contributed by atoms with E-state index in [0.717, 1.165) is 18.7 Å². The summed E-state index contributed by atoms with van der Waals surface area (Å²) in [6.07, 6.45) is 0. The van der Waals surface area contributed by atoms with Crippen molar-refractivity contribution in [3.63, 3.8) is 0 Å². The topological polar surface area (TPSA) is 15.3 Å². The van der Waals surface area contributed by atoms with Crippen molar-refractivity contribution in [3.05, 3.63) is 35.6 Å². The van der Waals surface area contributed by atoms with Gasteiger partial charge in [0, 0.05) is 31.2 Å². The molecule has 0 saturated carbocycles. The lowest BCUT2D eigenvalue weighted by Gasteiger charge is -2.46. The van der Waals surface area contributed by atoms with Crippen molar-refractivity contribution in [2.75, 3.05) is 13.1 Å². The van der Waals surface area contributed by atoms with Crippen LogP contribution < -0.4 is 5.32 Å². The number of halogens is 1. The molecule has 3 heteroatoms. The Morgan fingerprint density at radius 3 is 2.43 bits per heavy atom. The van der Waals surface area contributed by atoms with Crippen molar-refractivity contribution in [2.24, 2.45) is 11.8 Å². The Balaban J connectivity index is 2.22. The molecule has 0 amide bonds. The highest BCUT2D eigenvalue weighted by Crippen LogP contribution is 2.29. The number of hydrogen-bond donors (Lipinski definition) is 1.